The molecule has 6 nitrogen and oxygen atoms in total. The van der Waals surface area contributed by atoms with Gasteiger partial charge < -0.3 is 19.5 Å². The summed E-state index contributed by atoms with van der Waals surface area (Å²) in [7, 11) is 0. The van der Waals surface area contributed by atoms with Crippen LogP contribution in [0.4, 0.5) is 0 Å². The quantitative estimate of drug-likeness (QED) is 0.633. The Balaban J connectivity index is 1.86. The number of amides is 1. The molecule has 2 aromatic rings. The molecule has 0 saturated carbocycles. The third-order valence-corrected chi connectivity index (χ3v) is 3.89. The van der Waals surface area contributed by atoms with Crippen LogP contribution < -0.4 is 19.5 Å². The molecule has 0 bridgehead atoms. The van der Waals surface area contributed by atoms with Crippen LogP contribution in [0.2, 0.25) is 0 Å². The second-order valence-corrected chi connectivity index (χ2v) is 5.83. The third kappa shape index (κ3) is 3.79. The smallest absolute Gasteiger partial charge is 0.311 e. The fourth-order valence-corrected chi connectivity index (χ4v) is 2.68. The van der Waals surface area contributed by atoms with Crippen molar-refractivity contribution in [3.63, 3.8) is 0 Å². The van der Waals surface area contributed by atoms with Gasteiger partial charge >= 0.3 is 5.97 Å². The highest BCUT2D eigenvalue weighted by atomic mass is 16.6. The van der Waals surface area contributed by atoms with Crippen LogP contribution in [-0.2, 0) is 4.79 Å². The maximum absolute atomic E-state index is 12.3. The number of fused-ring (bicyclic) bond motifs is 1. The zero-order valence-electron chi connectivity index (χ0n) is 14.8. The average Bonchev–Trinajstić information content (AvgIpc) is 2.63. The first kappa shape index (κ1) is 17.8. The van der Waals surface area contributed by atoms with E-state index in [1.807, 2.05) is 19.9 Å². The molecule has 0 aromatic heterocycles. The number of ether oxygens (including phenoxy) is 3. The second-order valence-electron chi connectivity index (χ2n) is 5.83. The van der Waals surface area contributed by atoms with Gasteiger partial charge in [0.15, 0.2) is 17.7 Å². The first-order valence-electron chi connectivity index (χ1n) is 8.66. The number of hydrogen-bond acceptors (Lipinski definition) is 5. The largest absolute Gasteiger partial charge is 0.490 e. The van der Waals surface area contributed by atoms with Gasteiger partial charge in [-0.3, -0.25) is 9.59 Å². The zero-order valence-corrected chi connectivity index (χ0v) is 14.8. The predicted octanol–water partition coefficient (Wildman–Crippen LogP) is 3.61. The highest BCUT2D eigenvalue weighted by Crippen LogP contribution is 2.34. The van der Waals surface area contributed by atoms with E-state index in [-0.39, 0.29) is 11.9 Å². The van der Waals surface area contributed by atoms with Gasteiger partial charge in [-0.05, 0) is 43.7 Å². The van der Waals surface area contributed by atoms with E-state index in [1.54, 1.807) is 36.4 Å². The molecule has 0 fully saturated rings. The maximum Gasteiger partial charge on any atom is 0.311 e. The van der Waals surface area contributed by atoms with Crippen molar-refractivity contribution >= 4 is 11.9 Å². The van der Waals surface area contributed by atoms with Crippen LogP contribution in [0.3, 0.4) is 0 Å². The van der Waals surface area contributed by atoms with Crippen LogP contribution in [0, 0.1) is 0 Å². The first-order chi connectivity index (χ1) is 12.6. The minimum Gasteiger partial charge on any atom is -0.490 e. The Bertz CT molecular complexity index is 818. The molecule has 0 saturated heterocycles. The molecule has 3 rings (SSSR count). The molecular formula is C20H21NO5. The van der Waals surface area contributed by atoms with Crippen molar-refractivity contribution in [2.45, 2.75) is 32.9 Å². The van der Waals surface area contributed by atoms with Crippen molar-refractivity contribution < 1.29 is 23.8 Å². The Morgan fingerprint density at radius 3 is 2.73 bits per heavy atom. The molecule has 0 aliphatic carbocycles. The Labute approximate surface area is 152 Å². The van der Waals surface area contributed by atoms with Crippen LogP contribution >= 0.6 is 0 Å². The lowest BCUT2D eigenvalue weighted by molar-refractivity contribution is -0.134. The molecule has 1 amide bonds. The molecule has 1 heterocycles. The van der Waals surface area contributed by atoms with Crippen molar-refractivity contribution in [3.8, 4) is 17.2 Å². The summed E-state index contributed by atoms with van der Waals surface area (Å²) in [5.41, 5.74) is 1.20. The van der Waals surface area contributed by atoms with Crippen molar-refractivity contribution in [2.75, 3.05) is 6.61 Å². The second kappa shape index (κ2) is 7.91. The van der Waals surface area contributed by atoms with Gasteiger partial charge in [0.2, 0.25) is 0 Å². The summed E-state index contributed by atoms with van der Waals surface area (Å²) in [5.74, 6) is 0.811. The van der Waals surface area contributed by atoms with Crippen LogP contribution in [0.15, 0.2) is 42.5 Å². The molecule has 1 atom stereocenters. The normalized spacial score (nSPS) is 15.5. The fourth-order valence-electron chi connectivity index (χ4n) is 2.68. The van der Waals surface area contributed by atoms with E-state index in [0.29, 0.717) is 47.8 Å². The summed E-state index contributed by atoms with van der Waals surface area (Å²) in [6, 6.07) is 12.2. The van der Waals surface area contributed by atoms with Gasteiger partial charge in [0.05, 0.1) is 12.2 Å². The summed E-state index contributed by atoms with van der Waals surface area (Å²) in [6.45, 7) is 4.18. The minimum absolute atomic E-state index is 0.201. The van der Waals surface area contributed by atoms with Crippen LogP contribution in [-0.4, -0.2) is 18.5 Å². The Hall–Kier alpha value is -3.02. The molecule has 1 unspecified atom stereocenters. The van der Waals surface area contributed by atoms with E-state index in [9.17, 15) is 9.59 Å². The van der Waals surface area contributed by atoms with Gasteiger partial charge in [0.1, 0.15) is 5.75 Å². The number of para-hydroxylation sites is 1. The van der Waals surface area contributed by atoms with E-state index >= 15 is 0 Å². The highest BCUT2D eigenvalue weighted by molar-refractivity contribution is 5.98. The third-order valence-electron chi connectivity index (χ3n) is 3.89. The van der Waals surface area contributed by atoms with Crippen molar-refractivity contribution in [1.82, 2.24) is 5.32 Å². The molecule has 1 aliphatic rings. The average molecular weight is 355 g/mol. The number of benzene rings is 2. The van der Waals surface area contributed by atoms with Gasteiger partial charge in [-0.1, -0.05) is 19.1 Å². The lowest BCUT2D eigenvalue weighted by Crippen LogP contribution is -2.36. The number of hydrogen-bond donors (Lipinski definition) is 1. The summed E-state index contributed by atoms with van der Waals surface area (Å²) in [4.78, 5) is 24.0. The molecular weight excluding hydrogens is 334 g/mol. The van der Waals surface area contributed by atoms with E-state index < -0.39 is 6.23 Å². The lowest BCUT2D eigenvalue weighted by atomic mass is 10.1. The van der Waals surface area contributed by atoms with Gasteiger partial charge in [0.25, 0.3) is 5.91 Å². The topological polar surface area (TPSA) is 73.9 Å². The molecule has 1 aliphatic heterocycles. The molecule has 136 valence electrons. The number of carbonyl (C=O) groups is 2. The number of nitrogens with one attached hydrogen (secondary N) is 1. The number of esters is 1. The van der Waals surface area contributed by atoms with Crippen molar-refractivity contribution in [1.29, 1.82) is 0 Å². The van der Waals surface area contributed by atoms with Crippen molar-refractivity contribution in [2.24, 2.45) is 0 Å². The van der Waals surface area contributed by atoms with Gasteiger partial charge in [-0.25, -0.2) is 0 Å². The molecule has 0 spiro atoms. The van der Waals surface area contributed by atoms with E-state index in [2.05, 4.69) is 5.32 Å². The Morgan fingerprint density at radius 1 is 1.15 bits per heavy atom. The van der Waals surface area contributed by atoms with E-state index in [0.717, 1.165) is 0 Å². The predicted molar refractivity (Wildman–Crippen MR) is 95.4 cm³/mol. The summed E-state index contributed by atoms with van der Waals surface area (Å²) in [5, 5.41) is 2.81. The minimum atomic E-state index is -0.642. The zero-order chi connectivity index (χ0) is 18.5. The highest BCUT2D eigenvalue weighted by Gasteiger charge is 2.27. The van der Waals surface area contributed by atoms with Gasteiger partial charge in [-0.2, -0.15) is 0 Å². The summed E-state index contributed by atoms with van der Waals surface area (Å²) >= 11 is 0. The van der Waals surface area contributed by atoms with Crippen molar-refractivity contribution in [3.05, 3.63) is 53.6 Å². The molecule has 0 radical (unpaired) electrons. The number of carbonyl (C=O) groups excluding carboxylic acids is 2. The SMILES string of the molecule is CCCC(=O)Oc1ccc(C2NC(=O)c3ccccc3O2)cc1OCC. The first-order valence-corrected chi connectivity index (χ1v) is 8.66. The van der Waals surface area contributed by atoms with Crippen LogP contribution in [0.25, 0.3) is 0 Å². The Morgan fingerprint density at radius 2 is 1.96 bits per heavy atom. The molecule has 26 heavy (non-hydrogen) atoms. The molecule has 2 aromatic carbocycles. The molecule has 1 N–H and O–H groups in total. The van der Waals surface area contributed by atoms with Crippen LogP contribution in [0.1, 0.15) is 48.8 Å². The Kier molecular flexibility index (Phi) is 5.41. The van der Waals surface area contributed by atoms with Gasteiger partial charge in [-0.15, -0.1) is 0 Å². The van der Waals surface area contributed by atoms with Crippen LogP contribution in [0.5, 0.6) is 17.2 Å². The maximum atomic E-state index is 12.3. The van der Waals surface area contributed by atoms with E-state index in [1.165, 1.54) is 0 Å². The van der Waals surface area contributed by atoms with E-state index in [4.69, 9.17) is 14.2 Å². The summed E-state index contributed by atoms with van der Waals surface area (Å²) in [6.07, 6.45) is 0.408. The number of rotatable bonds is 6. The lowest BCUT2D eigenvalue weighted by Gasteiger charge is -2.27. The fraction of sp³-hybridized carbons (Fsp3) is 0.300. The standard InChI is InChI=1S/C20H21NO5/c1-3-7-18(22)25-16-11-10-13(12-17(16)24-4-2)20-21-19(23)14-8-5-6-9-15(14)26-20/h5-6,8-12,20H,3-4,7H2,1-2H3,(H,21,23). The van der Waals surface area contributed by atoms with Gasteiger partial charge in [0, 0.05) is 12.0 Å². The molecule has 6 heteroatoms. The summed E-state index contributed by atoms with van der Waals surface area (Å²) < 4.78 is 16.9. The monoisotopic (exact) mass is 355 g/mol.